The molecule has 0 unspecified atom stereocenters. The van der Waals surface area contributed by atoms with Crippen LogP contribution in [0.2, 0.25) is 0 Å². The van der Waals surface area contributed by atoms with E-state index in [1.54, 1.807) is 18.6 Å². The molecule has 0 aromatic carbocycles. The maximum Gasteiger partial charge on any atom is 0.137 e. The SMILES string of the molecule is Brc1cnc2ccc(-c3cncnc3)cn12. The van der Waals surface area contributed by atoms with E-state index in [0.29, 0.717) is 0 Å². The third-order valence-electron chi connectivity index (χ3n) is 2.35. The molecule has 0 saturated carbocycles. The number of pyridine rings is 1. The second-order valence-electron chi connectivity index (χ2n) is 3.35. The van der Waals surface area contributed by atoms with Gasteiger partial charge in [0.1, 0.15) is 16.6 Å². The highest BCUT2D eigenvalue weighted by Crippen LogP contribution is 2.20. The average Bonchev–Trinajstić information content (AvgIpc) is 2.72. The summed E-state index contributed by atoms with van der Waals surface area (Å²) in [5, 5.41) is 0. The first-order chi connectivity index (χ1) is 7.84. The Kier molecular flexibility index (Phi) is 2.18. The Balaban J connectivity index is 2.22. The van der Waals surface area contributed by atoms with Crippen molar-refractivity contribution < 1.29 is 0 Å². The molecule has 3 aromatic rings. The van der Waals surface area contributed by atoms with E-state index in [2.05, 4.69) is 30.9 Å². The van der Waals surface area contributed by atoms with Gasteiger partial charge in [-0.15, -0.1) is 0 Å². The van der Waals surface area contributed by atoms with Gasteiger partial charge in [-0.1, -0.05) is 0 Å². The Morgan fingerprint density at radius 1 is 1.00 bits per heavy atom. The van der Waals surface area contributed by atoms with Crippen LogP contribution in [0.3, 0.4) is 0 Å². The molecule has 3 heterocycles. The fraction of sp³-hybridized carbons (Fsp3) is 0. The van der Waals surface area contributed by atoms with E-state index in [0.717, 1.165) is 21.4 Å². The largest absolute Gasteiger partial charge is 0.294 e. The van der Waals surface area contributed by atoms with E-state index in [9.17, 15) is 0 Å². The molecular formula is C11H7BrN4. The zero-order chi connectivity index (χ0) is 11.0. The van der Waals surface area contributed by atoms with Crippen molar-refractivity contribution in [3.8, 4) is 11.1 Å². The first-order valence-electron chi connectivity index (χ1n) is 4.72. The summed E-state index contributed by atoms with van der Waals surface area (Å²) in [7, 11) is 0. The van der Waals surface area contributed by atoms with Crippen LogP contribution in [-0.4, -0.2) is 19.4 Å². The van der Waals surface area contributed by atoms with E-state index in [4.69, 9.17) is 0 Å². The third kappa shape index (κ3) is 1.49. The summed E-state index contributed by atoms with van der Waals surface area (Å²) in [6.45, 7) is 0. The Morgan fingerprint density at radius 2 is 1.81 bits per heavy atom. The molecule has 3 rings (SSSR count). The van der Waals surface area contributed by atoms with Crippen molar-refractivity contribution in [2.24, 2.45) is 0 Å². The summed E-state index contributed by atoms with van der Waals surface area (Å²) >= 11 is 3.44. The highest BCUT2D eigenvalue weighted by molar-refractivity contribution is 9.10. The molecule has 0 N–H and O–H groups in total. The molecule has 0 spiro atoms. The number of imidazole rings is 1. The molecule has 0 aliphatic carbocycles. The third-order valence-corrected chi connectivity index (χ3v) is 2.94. The number of fused-ring (bicyclic) bond motifs is 1. The normalized spacial score (nSPS) is 10.8. The van der Waals surface area contributed by atoms with Crippen LogP contribution < -0.4 is 0 Å². The lowest BCUT2D eigenvalue weighted by atomic mass is 10.1. The molecular weight excluding hydrogens is 268 g/mol. The van der Waals surface area contributed by atoms with Gasteiger partial charge in [0.2, 0.25) is 0 Å². The summed E-state index contributed by atoms with van der Waals surface area (Å²) in [6, 6.07) is 3.97. The zero-order valence-electron chi connectivity index (χ0n) is 8.21. The minimum atomic E-state index is 0.910. The van der Waals surface area contributed by atoms with Gasteiger partial charge in [-0.3, -0.25) is 4.40 Å². The van der Waals surface area contributed by atoms with Crippen LogP contribution in [0.15, 0.2) is 47.9 Å². The van der Waals surface area contributed by atoms with E-state index in [-0.39, 0.29) is 0 Å². The van der Waals surface area contributed by atoms with Crippen LogP contribution in [0.4, 0.5) is 0 Å². The number of nitrogens with zero attached hydrogens (tertiary/aromatic N) is 4. The molecule has 4 nitrogen and oxygen atoms in total. The molecule has 0 aliphatic heterocycles. The molecule has 5 heteroatoms. The number of rotatable bonds is 1. The highest BCUT2D eigenvalue weighted by Gasteiger charge is 2.03. The minimum absolute atomic E-state index is 0.910. The van der Waals surface area contributed by atoms with Gasteiger partial charge in [0, 0.05) is 29.7 Å². The van der Waals surface area contributed by atoms with Crippen LogP contribution in [0, 0.1) is 0 Å². The van der Waals surface area contributed by atoms with Crippen molar-refractivity contribution in [2.75, 3.05) is 0 Å². The Hall–Kier alpha value is -1.75. The molecule has 78 valence electrons. The Morgan fingerprint density at radius 3 is 2.62 bits per heavy atom. The number of aromatic nitrogens is 4. The first kappa shape index (κ1) is 9.47. The van der Waals surface area contributed by atoms with Crippen LogP contribution in [-0.2, 0) is 0 Å². The van der Waals surface area contributed by atoms with Crippen LogP contribution >= 0.6 is 15.9 Å². The second-order valence-corrected chi connectivity index (χ2v) is 4.17. The Bertz CT molecular complexity index is 633. The topological polar surface area (TPSA) is 43.1 Å². The van der Waals surface area contributed by atoms with Gasteiger partial charge < -0.3 is 0 Å². The van der Waals surface area contributed by atoms with Crippen molar-refractivity contribution in [1.82, 2.24) is 19.4 Å². The maximum absolute atomic E-state index is 4.24. The maximum atomic E-state index is 4.24. The van der Waals surface area contributed by atoms with Gasteiger partial charge in [-0.05, 0) is 28.1 Å². The average molecular weight is 275 g/mol. The lowest BCUT2D eigenvalue weighted by Crippen LogP contribution is -1.88. The van der Waals surface area contributed by atoms with E-state index < -0.39 is 0 Å². The highest BCUT2D eigenvalue weighted by atomic mass is 79.9. The fourth-order valence-electron chi connectivity index (χ4n) is 1.57. The molecule has 0 saturated heterocycles. The molecule has 0 fully saturated rings. The van der Waals surface area contributed by atoms with Crippen molar-refractivity contribution >= 4 is 21.6 Å². The monoisotopic (exact) mass is 274 g/mol. The quantitative estimate of drug-likeness (QED) is 0.685. The molecule has 0 radical (unpaired) electrons. The zero-order valence-corrected chi connectivity index (χ0v) is 9.79. The number of hydrogen-bond acceptors (Lipinski definition) is 3. The Labute approximate surface area is 100 Å². The van der Waals surface area contributed by atoms with Crippen LogP contribution in [0.1, 0.15) is 0 Å². The van der Waals surface area contributed by atoms with E-state index in [1.165, 1.54) is 6.33 Å². The lowest BCUT2D eigenvalue weighted by Gasteiger charge is -2.01. The van der Waals surface area contributed by atoms with Crippen LogP contribution in [0.5, 0.6) is 0 Å². The van der Waals surface area contributed by atoms with Gasteiger partial charge in [-0.2, -0.15) is 0 Å². The molecule has 0 amide bonds. The van der Waals surface area contributed by atoms with Crippen LogP contribution in [0.25, 0.3) is 16.8 Å². The van der Waals surface area contributed by atoms with Crippen molar-refractivity contribution in [1.29, 1.82) is 0 Å². The summed E-state index contributed by atoms with van der Waals surface area (Å²) in [4.78, 5) is 12.2. The first-order valence-corrected chi connectivity index (χ1v) is 5.52. The standard InChI is InChI=1S/C11H7BrN4/c12-10-5-15-11-2-1-8(6-16(10)11)9-3-13-7-14-4-9/h1-7H. The van der Waals surface area contributed by atoms with Gasteiger partial charge in [0.15, 0.2) is 0 Å². The van der Waals surface area contributed by atoms with E-state index >= 15 is 0 Å². The molecule has 0 bridgehead atoms. The van der Waals surface area contributed by atoms with Gasteiger partial charge in [-0.25, -0.2) is 15.0 Å². The number of halogens is 1. The summed E-state index contributed by atoms with van der Waals surface area (Å²) < 4.78 is 2.91. The number of hydrogen-bond donors (Lipinski definition) is 0. The molecule has 0 atom stereocenters. The summed E-state index contributed by atoms with van der Waals surface area (Å²) in [6.07, 6.45) is 8.89. The van der Waals surface area contributed by atoms with Crippen molar-refractivity contribution in [3.05, 3.63) is 47.9 Å². The predicted molar refractivity (Wildman–Crippen MR) is 63.9 cm³/mol. The fourth-order valence-corrected chi connectivity index (χ4v) is 1.96. The minimum Gasteiger partial charge on any atom is -0.294 e. The van der Waals surface area contributed by atoms with Gasteiger partial charge in [0.25, 0.3) is 0 Å². The van der Waals surface area contributed by atoms with Gasteiger partial charge >= 0.3 is 0 Å². The summed E-state index contributed by atoms with van der Waals surface area (Å²) in [5.41, 5.74) is 2.96. The molecule has 16 heavy (non-hydrogen) atoms. The van der Waals surface area contributed by atoms with Crippen molar-refractivity contribution in [3.63, 3.8) is 0 Å². The predicted octanol–water partition coefficient (Wildman–Crippen LogP) is 2.55. The van der Waals surface area contributed by atoms with E-state index in [1.807, 2.05) is 22.7 Å². The smallest absolute Gasteiger partial charge is 0.137 e. The molecule has 3 aromatic heterocycles. The van der Waals surface area contributed by atoms with Crippen molar-refractivity contribution in [2.45, 2.75) is 0 Å². The second kappa shape index (κ2) is 3.68. The van der Waals surface area contributed by atoms with Gasteiger partial charge in [0.05, 0.1) is 6.20 Å². The lowest BCUT2D eigenvalue weighted by molar-refractivity contribution is 1.14. The molecule has 0 aliphatic rings. The summed E-state index contributed by atoms with van der Waals surface area (Å²) in [5.74, 6) is 0.